The molecule has 0 spiro atoms. The van der Waals surface area contributed by atoms with Gasteiger partial charge in [0.1, 0.15) is 0 Å². The number of hydrogen-bond donors (Lipinski definition) is 2. The third-order valence-corrected chi connectivity index (χ3v) is 1.70. The van der Waals surface area contributed by atoms with Gasteiger partial charge in [-0.05, 0) is 12.2 Å². The van der Waals surface area contributed by atoms with E-state index < -0.39 is 4.92 Å². The molecule has 15 heavy (non-hydrogen) atoms. The van der Waals surface area contributed by atoms with Gasteiger partial charge in [-0.3, -0.25) is 15.5 Å². The third-order valence-electron chi connectivity index (χ3n) is 1.61. The molecule has 0 unspecified atom stereocenters. The summed E-state index contributed by atoms with van der Waals surface area (Å²) in [6.07, 6.45) is 2.79. The molecular formula is C7H9N5O2S. The van der Waals surface area contributed by atoms with E-state index in [2.05, 4.69) is 22.7 Å². The van der Waals surface area contributed by atoms with E-state index in [1.54, 1.807) is 11.6 Å². The van der Waals surface area contributed by atoms with Crippen LogP contribution in [0.2, 0.25) is 0 Å². The molecular weight excluding hydrogens is 218 g/mol. The first kappa shape index (κ1) is 11.1. The van der Waals surface area contributed by atoms with Gasteiger partial charge in [0.05, 0.1) is 23.0 Å². The second-order valence-corrected chi connectivity index (χ2v) is 3.17. The van der Waals surface area contributed by atoms with Crippen LogP contribution in [0.3, 0.4) is 0 Å². The fraction of sp³-hybridized carbons (Fsp3) is 0.143. The van der Waals surface area contributed by atoms with Gasteiger partial charge in [-0.25, -0.2) is 0 Å². The zero-order chi connectivity index (χ0) is 11.4. The van der Waals surface area contributed by atoms with E-state index in [0.29, 0.717) is 5.69 Å². The molecule has 0 aromatic carbocycles. The minimum Gasteiger partial charge on any atom is -0.375 e. The van der Waals surface area contributed by atoms with Crippen LogP contribution in [0, 0.1) is 10.1 Å². The Hall–Kier alpha value is -1.96. The number of nitrogens with two attached hydrogens (primary N) is 1. The van der Waals surface area contributed by atoms with Crippen LogP contribution in [0.5, 0.6) is 0 Å². The van der Waals surface area contributed by atoms with Crippen molar-refractivity contribution in [1.29, 1.82) is 0 Å². The van der Waals surface area contributed by atoms with Gasteiger partial charge >= 0.3 is 0 Å². The largest absolute Gasteiger partial charge is 0.375 e. The molecule has 80 valence electrons. The number of nitrogens with zero attached hydrogens (tertiary/aromatic N) is 3. The highest BCUT2D eigenvalue weighted by Crippen LogP contribution is 2.13. The first-order valence-electron chi connectivity index (χ1n) is 3.90. The normalized spacial score (nSPS) is 10.5. The lowest BCUT2D eigenvalue weighted by atomic mass is 10.4. The summed E-state index contributed by atoms with van der Waals surface area (Å²) in [6.45, 7) is 0. The SMILES string of the molecule is Cn1cc([N+](=O)[O-])cc1C=NNC(N)=S. The predicted octanol–water partition coefficient (Wildman–Crippen LogP) is 0.100. The summed E-state index contributed by atoms with van der Waals surface area (Å²) in [6, 6.07) is 1.39. The van der Waals surface area contributed by atoms with Crippen LogP contribution in [0.1, 0.15) is 5.69 Å². The smallest absolute Gasteiger partial charge is 0.287 e. The number of thiocarbonyl (C=S) groups is 1. The summed E-state index contributed by atoms with van der Waals surface area (Å²) in [5.74, 6) is 0. The molecule has 0 aliphatic carbocycles. The van der Waals surface area contributed by atoms with E-state index in [4.69, 9.17) is 5.73 Å². The standard InChI is InChI=1S/C7H9N5O2S/c1-11-4-6(12(13)14)2-5(11)3-9-10-7(8)15/h2-4H,1H3,(H3,8,10,15). The van der Waals surface area contributed by atoms with Crippen LogP contribution < -0.4 is 11.2 Å². The number of aromatic nitrogens is 1. The molecule has 0 fully saturated rings. The molecule has 0 amide bonds. The summed E-state index contributed by atoms with van der Waals surface area (Å²) in [5.41, 5.74) is 8.08. The Morgan fingerprint density at radius 1 is 1.87 bits per heavy atom. The number of nitro groups is 1. The Labute approximate surface area is 90.7 Å². The van der Waals surface area contributed by atoms with Crippen molar-refractivity contribution in [3.63, 3.8) is 0 Å². The van der Waals surface area contributed by atoms with Crippen LogP contribution >= 0.6 is 12.2 Å². The van der Waals surface area contributed by atoms with Crippen LogP contribution in [0.4, 0.5) is 5.69 Å². The Morgan fingerprint density at radius 3 is 3.00 bits per heavy atom. The highest BCUT2D eigenvalue weighted by molar-refractivity contribution is 7.80. The lowest BCUT2D eigenvalue weighted by molar-refractivity contribution is -0.384. The molecule has 3 N–H and O–H groups in total. The lowest BCUT2D eigenvalue weighted by Gasteiger charge is -1.95. The van der Waals surface area contributed by atoms with Crippen molar-refractivity contribution in [1.82, 2.24) is 9.99 Å². The van der Waals surface area contributed by atoms with Crippen LogP contribution in [-0.2, 0) is 7.05 Å². The van der Waals surface area contributed by atoms with Gasteiger partial charge in [-0.15, -0.1) is 0 Å². The van der Waals surface area contributed by atoms with Crippen LogP contribution in [-0.4, -0.2) is 20.8 Å². The van der Waals surface area contributed by atoms with Gasteiger partial charge in [0.25, 0.3) is 5.69 Å². The van der Waals surface area contributed by atoms with E-state index >= 15 is 0 Å². The number of rotatable bonds is 3. The Kier molecular flexibility index (Phi) is 3.34. The van der Waals surface area contributed by atoms with Crippen molar-refractivity contribution in [3.8, 4) is 0 Å². The van der Waals surface area contributed by atoms with E-state index in [1.165, 1.54) is 18.5 Å². The van der Waals surface area contributed by atoms with Crippen LogP contribution in [0.25, 0.3) is 0 Å². The molecule has 1 rings (SSSR count). The predicted molar refractivity (Wildman–Crippen MR) is 59.6 cm³/mol. The summed E-state index contributed by atoms with van der Waals surface area (Å²) < 4.78 is 1.57. The first-order valence-corrected chi connectivity index (χ1v) is 4.31. The number of hydrazone groups is 1. The van der Waals surface area contributed by atoms with Gasteiger partial charge in [-0.2, -0.15) is 5.10 Å². The molecule has 1 aromatic rings. The van der Waals surface area contributed by atoms with Crippen molar-refractivity contribution in [3.05, 3.63) is 28.1 Å². The summed E-state index contributed by atoms with van der Waals surface area (Å²) in [4.78, 5) is 9.97. The van der Waals surface area contributed by atoms with Gasteiger partial charge < -0.3 is 10.3 Å². The maximum atomic E-state index is 10.4. The minimum absolute atomic E-state index is 0.00859. The topological polar surface area (TPSA) is 98.5 Å². The van der Waals surface area contributed by atoms with Gasteiger partial charge in [-0.1, -0.05) is 0 Å². The molecule has 0 atom stereocenters. The molecule has 0 aliphatic rings. The van der Waals surface area contributed by atoms with E-state index in [1.807, 2.05) is 0 Å². The van der Waals surface area contributed by atoms with Gasteiger partial charge in [0.2, 0.25) is 0 Å². The molecule has 1 heterocycles. The molecule has 0 saturated carbocycles. The van der Waals surface area contributed by atoms with Crippen molar-refractivity contribution in [2.24, 2.45) is 17.9 Å². The average Bonchev–Trinajstić information content (AvgIpc) is 2.47. The fourth-order valence-corrected chi connectivity index (χ4v) is 1.01. The number of nitrogens with one attached hydrogen (secondary N) is 1. The van der Waals surface area contributed by atoms with Gasteiger partial charge in [0, 0.05) is 13.1 Å². The average molecular weight is 227 g/mol. The van der Waals surface area contributed by atoms with Gasteiger partial charge in [0.15, 0.2) is 5.11 Å². The summed E-state index contributed by atoms with van der Waals surface area (Å²) in [7, 11) is 1.68. The molecule has 0 aliphatic heterocycles. The lowest BCUT2D eigenvalue weighted by Crippen LogP contribution is -2.24. The highest BCUT2D eigenvalue weighted by atomic mass is 32.1. The van der Waals surface area contributed by atoms with E-state index in [-0.39, 0.29) is 10.8 Å². The first-order chi connectivity index (χ1) is 7.00. The molecule has 0 bridgehead atoms. The number of hydrogen-bond acceptors (Lipinski definition) is 4. The molecule has 7 nitrogen and oxygen atoms in total. The molecule has 1 aromatic heterocycles. The van der Waals surface area contributed by atoms with Crippen molar-refractivity contribution in [2.45, 2.75) is 0 Å². The monoisotopic (exact) mass is 227 g/mol. The summed E-state index contributed by atoms with van der Waals surface area (Å²) >= 11 is 4.53. The van der Waals surface area contributed by atoms with E-state index in [0.717, 1.165) is 0 Å². The Bertz CT molecular complexity index is 425. The number of aryl methyl sites for hydroxylation is 1. The third kappa shape index (κ3) is 3.02. The second-order valence-electron chi connectivity index (χ2n) is 2.73. The quantitative estimate of drug-likeness (QED) is 0.330. The van der Waals surface area contributed by atoms with Crippen molar-refractivity contribution in [2.75, 3.05) is 0 Å². The fourth-order valence-electron chi connectivity index (χ4n) is 0.954. The zero-order valence-corrected chi connectivity index (χ0v) is 8.69. The molecule has 8 heteroatoms. The van der Waals surface area contributed by atoms with Crippen molar-refractivity contribution >= 4 is 29.2 Å². The zero-order valence-electron chi connectivity index (χ0n) is 7.88. The van der Waals surface area contributed by atoms with E-state index in [9.17, 15) is 10.1 Å². The molecule has 0 saturated heterocycles. The second kappa shape index (κ2) is 4.51. The molecule has 0 radical (unpaired) electrons. The Balaban J connectivity index is 2.81. The highest BCUT2D eigenvalue weighted by Gasteiger charge is 2.09. The van der Waals surface area contributed by atoms with Crippen LogP contribution in [0.15, 0.2) is 17.4 Å². The maximum absolute atomic E-state index is 10.4. The van der Waals surface area contributed by atoms with Crippen molar-refractivity contribution < 1.29 is 4.92 Å². The minimum atomic E-state index is -0.474. The summed E-state index contributed by atoms with van der Waals surface area (Å²) in [5, 5.41) is 14.2. The maximum Gasteiger partial charge on any atom is 0.287 e. The Morgan fingerprint density at radius 2 is 2.53 bits per heavy atom.